The summed E-state index contributed by atoms with van der Waals surface area (Å²) in [4.78, 5) is 20.0. The Kier molecular flexibility index (Phi) is 7.39. The number of ether oxygens (including phenoxy) is 1. The fourth-order valence-corrected chi connectivity index (χ4v) is 4.44. The normalized spacial score (nSPS) is 12.1. The summed E-state index contributed by atoms with van der Waals surface area (Å²) < 4.78 is 83.1. The zero-order valence-electron chi connectivity index (χ0n) is 18.3. The topological polar surface area (TPSA) is 91.1 Å². The molecule has 1 aromatic carbocycles. The molecule has 12 heteroatoms. The monoisotopic (exact) mass is 499 g/mol. The van der Waals surface area contributed by atoms with E-state index in [4.69, 9.17) is 4.74 Å². The van der Waals surface area contributed by atoms with Gasteiger partial charge >= 0.3 is 12.2 Å². The second-order valence-corrected chi connectivity index (χ2v) is 9.88. The van der Waals surface area contributed by atoms with Crippen molar-refractivity contribution in [3.8, 4) is 23.0 Å². The predicted molar refractivity (Wildman–Crippen MR) is 117 cm³/mol. The van der Waals surface area contributed by atoms with E-state index in [1.165, 1.54) is 48.1 Å². The zero-order valence-corrected chi connectivity index (χ0v) is 19.1. The average Bonchev–Trinajstić information content (AvgIpc) is 2.71. The number of alkyl halides is 3. The number of hydrogen-bond acceptors (Lipinski definition) is 6. The van der Waals surface area contributed by atoms with Gasteiger partial charge in [0, 0.05) is 31.3 Å². The number of rotatable bonds is 8. The van der Waals surface area contributed by atoms with Crippen LogP contribution < -0.4 is 10.3 Å². The number of benzene rings is 1. The van der Waals surface area contributed by atoms with Gasteiger partial charge in [0.2, 0.25) is 5.56 Å². The van der Waals surface area contributed by atoms with Crippen LogP contribution in [0.1, 0.15) is 24.1 Å². The molecule has 0 bridgehead atoms. The lowest BCUT2D eigenvalue weighted by Crippen LogP contribution is -2.15. The van der Waals surface area contributed by atoms with Crippen molar-refractivity contribution in [2.24, 2.45) is 7.05 Å². The van der Waals surface area contributed by atoms with Crippen molar-refractivity contribution < 1.29 is 30.7 Å². The number of pyridine rings is 1. The smallest absolute Gasteiger partial charge is 0.389 e. The molecule has 182 valence electrons. The standard InChI is InChI=1S/C22H21F4N3O4S/c1-14-5-3-6-17(23)20(14)33-21-27-16(13-34(31,32)10-4-9-22(24,25)26)11-18(28-21)15-7-8-19(30)29(2)12-15/h3,5-8,11-12H,4,9-10,13H2,1-2H3. The third kappa shape index (κ3) is 6.86. The van der Waals surface area contributed by atoms with Gasteiger partial charge in [-0.1, -0.05) is 12.1 Å². The van der Waals surface area contributed by atoms with Gasteiger partial charge in [0.05, 0.1) is 22.9 Å². The Hall–Kier alpha value is -3.28. The van der Waals surface area contributed by atoms with Crippen molar-refractivity contribution in [1.82, 2.24) is 14.5 Å². The summed E-state index contributed by atoms with van der Waals surface area (Å²) in [6.07, 6.45) is -4.80. The first-order chi connectivity index (χ1) is 15.8. The molecule has 0 atom stereocenters. The highest BCUT2D eigenvalue weighted by atomic mass is 32.2. The number of sulfone groups is 1. The molecule has 0 aliphatic heterocycles. The molecular formula is C22H21F4N3O4S. The molecule has 0 aliphatic rings. The number of nitrogens with zero attached hydrogens (tertiary/aromatic N) is 3. The van der Waals surface area contributed by atoms with Gasteiger partial charge in [-0.05, 0) is 37.1 Å². The first-order valence-corrected chi connectivity index (χ1v) is 11.9. The third-order valence-corrected chi connectivity index (χ3v) is 6.43. The van der Waals surface area contributed by atoms with E-state index in [0.29, 0.717) is 11.1 Å². The van der Waals surface area contributed by atoms with Crippen molar-refractivity contribution in [1.29, 1.82) is 0 Å². The summed E-state index contributed by atoms with van der Waals surface area (Å²) in [5, 5.41) is 0. The number of hydrogen-bond donors (Lipinski definition) is 0. The Morgan fingerprint density at radius 1 is 1.12 bits per heavy atom. The number of aryl methyl sites for hydroxylation is 2. The predicted octanol–water partition coefficient (Wildman–Crippen LogP) is 4.34. The first-order valence-electron chi connectivity index (χ1n) is 10.1. The van der Waals surface area contributed by atoms with Gasteiger partial charge in [-0.15, -0.1) is 0 Å². The molecule has 2 aromatic heterocycles. The molecule has 34 heavy (non-hydrogen) atoms. The Balaban J connectivity index is 1.98. The maximum absolute atomic E-state index is 14.3. The maximum Gasteiger partial charge on any atom is 0.389 e. The summed E-state index contributed by atoms with van der Waals surface area (Å²) in [6, 6.07) is 7.99. The lowest BCUT2D eigenvalue weighted by molar-refractivity contribution is -0.134. The van der Waals surface area contributed by atoms with Crippen LogP contribution in [-0.4, -0.2) is 34.9 Å². The molecule has 0 saturated heterocycles. The van der Waals surface area contributed by atoms with Gasteiger partial charge in [0.25, 0.3) is 0 Å². The van der Waals surface area contributed by atoms with Crippen LogP contribution in [0.5, 0.6) is 11.8 Å². The number of halogens is 4. The van der Waals surface area contributed by atoms with E-state index in [1.807, 2.05) is 0 Å². The molecule has 0 aliphatic carbocycles. The van der Waals surface area contributed by atoms with Crippen molar-refractivity contribution in [3.63, 3.8) is 0 Å². The van der Waals surface area contributed by atoms with Crippen molar-refractivity contribution in [2.45, 2.75) is 31.7 Å². The van der Waals surface area contributed by atoms with Crippen LogP contribution in [0, 0.1) is 12.7 Å². The van der Waals surface area contributed by atoms with Crippen LogP contribution in [0.4, 0.5) is 17.6 Å². The molecule has 0 unspecified atom stereocenters. The zero-order chi connectivity index (χ0) is 25.1. The Labute approximate surface area is 193 Å². The Bertz CT molecular complexity index is 1330. The minimum atomic E-state index is -4.46. The van der Waals surface area contributed by atoms with Crippen LogP contribution in [-0.2, 0) is 22.6 Å². The van der Waals surface area contributed by atoms with E-state index >= 15 is 0 Å². The minimum absolute atomic E-state index is 0.0464. The highest BCUT2D eigenvalue weighted by molar-refractivity contribution is 7.90. The second-order valence-electron chi connectivity index (χ2n) is 7.69. The summed E-state index contributed by atoms with van der Waals surface area (Å²) in [7, 11) is -2.44. The Morgan fingerprint density at radius 2 is 1.85 bits per heavy atom. The summed E-state index contributed by atoms with van der Waals surface area (Å²) >= 11 is 0. The summed E-state index contributed by atoms with van der Waals surface area (Å²) in [5.41, 5.74) is 0.724. The van der Waals surface area contributed by atoms with Crippen molar-refractivity contribution in [2.75, 3.05) is 5.75 Å². The lowest BCUT2D eigenvalue weighted by atomic mass is 10.2. The number of aromatic nitrogens is 3. The highest BCUT2D eigenvalue weighted by Crippen LogP contribution is 2.28. The van der Waals surface area contributed by atoms with E-state index in [0.717, 1.165) is 0 Å². The molecule has 3 rings (SSSR count). The van der Waals surface area contributed by atoms with Gasteiger partial charge in [0.15, 0.2) is 21.4 Å². The van der Waals surface area contributed by atoms with Crippen molar-refractivity contribution >= 4 is 9.84 Å². The Morgan fingerprint density at radius 3 is 2.50 bits per heavy atom. The van der Waals surface area contributed by atoms with Crippen LogP contribution in [0.25, 0.3) is 11.3 Å². The fraction of sp³-hybridized carbons (Fsp3) is 0.318. The minimum Gasteiger partial charge on any atom is -0.421 e. The van der Waals surface area contributed by atoms with E-state index in [2.05, 4.69) is 9.97 Å². The fourth-order valence-electron chi connectivity index (χ4n) is 3.11. The van der Waals surface area contributed by atoms with Crippen LogP contribution in [0.2, 0.25) is 0 Å². The molecule has 0 spiro atoms. The van der Waals surface area contributed by atoms with Gasteiger partial charge in [-0.25, -0.2) is 12.8 Å². The van der Waals surface area contributed by atoms with E-state index in [1.54, 1.807) is 13.0 Å². The molecular weight excluding hydrogens is 478 g/mol. The SMILES string of the molecule is Cc1cccc(F)c1Oc1nc(CS(=O)(=O)CCCC(F)(F)F)cc(-c2ccc(=O)n(C)c2)n1. The quantitative estimate of drug-likeness (QED) is 0.429. The number of para-hydroxylation sites is 1. The lowest BCUT2D eigenvalue weighted by Gasteiger charge is -2.12. The van der Waals surface area contributed by atoms with Gasteiger partial charge in [0.1, 0.15) is 0 Å². The first kappa shape index (κ1) is 25.3. The molecule has 0 N–H and O–H groups in total. The van der Waals surface area contributed by atoms with Crippen LogP contribution in [0.3, 0.4) is 0 Å². The van der Waals surface area contributed by atoms with Gasteiger partial charge in [-0.3, -0.25) is 4.79 Å². The average molecular weight is 499 g/mol. The van der Waals surface area contributed by atoms with E-state index in [9.17, 15) is 30.8 Å². The highest BCUT2D eigenvalue weighted by Gasteiger charge is 2.28. The van der Waals surface area contributed by atoms with Gasteiger partial charge < -0.3 is 9.30 Å². The summed E-state index contributed by atoms with van der Waals surface area (Å²) in [5.74, 6) is -2.19. The molecule has 0 saturated carbocycles. The third-order valence-electron chi connectivity index (χ3n) is 4.78. The van der Waals surface area contributed by atoms with Crippen molar-refractivity contribution in [3.05, 3.63) is 70.0 Å². The molecule has 0 fully saturated rings. The second kappa shape index (κ2) is 9.92. The van der Waals surface area contributed by atoms with Crippen LogP contribution >= 0.6 is 0 Å². The van der Waals surface area contributed by atoms with E-state index < -0.39 is 46.2 Å². The molecule has 0 radical (unpaired) electrons. The largest absolute Gasteiger partial charge is 0.421 e. The maximum atomic E-state index is 14.3. The van der Waals surface area contributed by atoms with E-state index in [-0.39, 0.29) is 28.7 Å². The molecule has 0 amide bonds. The summed E-state index contributed by atoms with van der Waals surface area (Å²) in [6.45, 7) is 1.60. The molecule has 7 nitrogen and oxygen atoms in total. The van der Waals surface area contributed by atoms with Crippen LogP contribution in [0.15, 0.2) is 47.4 Å². The molecule has 3 aromatic rings. The van der Waals surface area contributed by atoms with Gasteiger partial charge in [-0.2, -0.15) is 23.1 Å². The molecule has 2 heterocycles.